The molecular formula is C18H20N2O2. The van der Waals surface area contributed by atoms with E-state index in [2.05, 4.69) is 10.6 Å². The zero-order chi connectivity index (χ0) is 15.9. The van der Waals surface area contributed by atoms with Crippen molar-refractivity contribution in [2.75, 3.05) is 11.9 Å². The van der Waals surface area contributed by atoms with Crippen LogP contribution in [-0.2, 0) is 4.79 Å². The van der Waals surface area contributed by atoms with E-state index in [1.165, 1.54) is 0 Å². The Hall–Kier alpha value is -2.62. The molecule has 0 saturated heterocycles. The number of carbonyl (C=O) groups is 2. The summed E-state index contributed by atoms with van der Waals surface area (Å²) in [5.74, 6) is -0.268. The predicted molar refractivity (Wildman–Crippen MR) is 87.9 cm³/mol. The van der Waals surface area contributed by atoms with Gasteiger partial charge in [0.1, 0.15) is 0 Å². The second-order valence-corrected chi connectivity index (χ2v) is 5.24. The van der Waals surface area contributed by atoms with Crippen molar-refractivity contribution in [2.45, 2.75) is 20.3 Å². The fourth-order valence-corrected chi connectivity index (χ4v) is 2.07. The summed E-state index contributed by atoms with van der Waals surface area (Å²) in [6.45, 7) is 4.19. The van der Waals surface area contributed by atoms with Crippen LogP contribution in [-0.4, -0.2) is 18.4 Å². The molecule has 0 aliphatic heterocycles. The highest BCUT2D eigenvalue weighted by atomic mass is 16.2. The molecule has 0 saturated carbocycles. The van der Waals surface area contributed by atoms with Crippen LogP contribution in [0.5, 0.6) is 0 Å². The smallest absolute Gasteiger partial charge is 0.251 e. The van der Waals surface area contributed by atoms with Gasteiger partial charge in [-0.15, -0.1) is 0 Å². The summed E-state index contributed by atoms with van der Waals surface area (Å²) >= 11 is 0. The molecule has 2 N–H and O–H groups in total. The molecule has 2 rings (SSSR count). The first-order chi connectivity index (χ1) is 10.6. The minimum absolute atomic E-state index is 0.117. The SMILES string of the molecule is Cc1ccc(NC(=O)CCNC(=O)c2ccccc2C)cc1. The Morgan fingerprint density at radius 1 is 0.955 bits per heavy atom. The van der Waals surface area contributed by atoms with Crippen LogP contribution in [0.4, 0.5) is 5.69 Å². The maximum atomic E-state index is 12.0. The van der Waals surface area contributed by atoms with Crippen molar-refractivity contribution >= 4 is 17.5 Å². The first kappa shape index (κ1) is 15.8. The van der Waals surface area contributed by atoms with Crippen LogP contribution in [0, 0.1) is 13.8 Å². The lowest BCUT2D eigenvalue weighted by Gasteiger charge is -2.08. The van der Waals surface area contributed by atoms with E-state index in [-0.39, 0.29) is 18.2 Å². The van der Waals surface area contributed by atoms with Crippen LogP contribution in [0.1, 0.15) is 27.9 Å². The molecule has 2 aromatic carbocycles. The van der Waals surface area contributed by atoms with Gasteiger partial charge in [-0.25, -0.2) is 0 Å². The molecule has 2 aromatic rings. The van der Waals surface area contributed by atoms with E-state index in [9.17, 15) is 9.59 Å². The molecule has 22 heavy (non-hydrogen) atoms. The van der Waals surface area contributed by atoms with Crippen molar-refractivity contribution in [2.24, 2.45) is 0 Å². The van der Waals surface area contributed by atoms with E-state index in [0.29, 0.717) is 12.1 Å². The third kappa shape index (κ3) is 4.45. The zero-order valence-electron chi connectivity index (χ0n) is 12.8. The molecule has 0 radical (unpaired) electrons. The van der Waals surface area contributed by atoms with Gasteiger partial charge in [-0.05, 0) is 37.6 Å². The van der Waals surface area contributed by atoms with Gasteiger partial charge in [0, 0.05) is 24.2 Å². The molecule has 4 nitrogen and oxygen atoms in total. The Balaban J connectivity index is 1.78. The highest BCUT2D eigenvalue weighted by Gasteiger charge is 2.08. The van der Waals surface area contributed by atoms with Gasteiger partial charge in [-0.2, -0.15) is 0 Å². The molecule has 4 heteroatoms. The van der Waals surface area contributed by atoms with Gasteiger partial charge in [-0.1, -0.05) is 35.9 Å². The summed E-state index contributed by atoms with van der Waals surface area (Å²) in [6, 6.07) is 15.0. The molecule has 0 unspecified atom stereocenters. The van der Waals surface area contributed by atoms with Crippen LogP contribution in [0.2, 0.25) is 0 Å². The van der Waals surface area contributed by atoms with Crippen molar-refractivity contribution in [3.05, 3.63) is 65.2 Å². The van der Waals surface area contributed by atoms with Crippen molar-refractivity contribution in [1.29, 1.82) is 0 Å². The minimum atomic E-state index is -0.152. The first-order valence-corrected chi connectivity index (χ1v) is 7.26. The van der Waals surface area contributed by atoms with Crippen LogP contribution >= 0.6 is 0 Å². The number of aryl methyl sites for hydroxylation is 2. The van der Waals surface area contributed by atoms with Gasteiger partial charge in [0.2, 0.25) is 5.91 Å². The maximum absolute atomic E-state index is 12.0. The molecule has 0 aromatic heterocycles. The number of hydrogen-bond donors (Lipinski definition) is 2. The van der Waals surface area contributed by atoms with Gasteiger partial charge in [0.15, 0.2) is 0 Å². The Morgan fingerprint density at radius 3 is 2.32 bits per heavy atom. The van der Waals surface area contributed by atoms with E-state index in [1.54, 1.807) is 6.07 Å². The average Bonchev–Trinajstić information content (AvgIpc) is 2.50. The maximum Gasteiger partial charge on any atom is 0.251 e. The summed E-state index contributed by atoms with van der Waals surface area (Å²) in [5, 5.41) is 5.57. The Kier molecular flexibility index (Phi) is 5.31. The highest BCUT2D eigenvalue weighted by Crippen LogP contribution is 2.09. The quantitative estimate of drug-likeness (QED) is 0.891. The summed E-state index contributed by atoms with van der Waals surface area (Å²) in [6.07, 6.45) is 0.242. The van der Waals surface area contributed by atoms with Gasteiger partial charge < -0.3 is 10.6 Å². The summed E-state index contributed by atoms with van der Waals surface area (Å²) in [4.78, 5) is 23.8. The number of carbonyl (C=O) groups excluding carboxylic acids is 2. The molecule has 2 amide bonds. The van der Waals surface area contributed by atoms with Crippen molar-refractivity contribution in [3.63, 3.8) is 0 Å². The lowest BCUT2D eigenvalue weighted by Crippen LogP contribution is -2.28. The second kappa shape index (κ2) is 7.41. The average molecular weight is 296 g/mol. The molecule has 0 atom stereocenters. The van der Waals surface area contributed by atoms with E-state index in [4.69, 9.17) is 0 Å². The monoisotopic (exact) mass is 296 g/mol. The Bertz CT molecular complexity index is 663. The molecule has 0 aliphatic carbocycles. The number of benzene rings is 2. The van der Waals surface area contributed by atoms with E-state index < -0.39 is 0 Å². The van der Waals surface area contributed by atoms with Crippen molar-refractivity contribution < 1.29 is 9.59 Å². The minimum Gasteiger partial charge on any atom is -0.352 e. The third-order valence-electron chi connectivity index (χ3n) is 3.36. The molecule has 0 bridgehead atoms. The van der Waals surface area contributed by atoms with Gasteiger partial charge >= 0.3 is 0 Å². The molecule has 0 spiro atoms. The summed E-state index contributed by atoms with van der Waals surface area (Å²) < 4.78 is 0. The normalized spacial score (nSPS) is 10.1. The topological polar surface area (TPSA) is 58.2 Å². The lowest BCUT2D eigenvalue weighted by atomic mass is 10.1. The summed E-state index contributed by atoms with van der Waals surface area (Å²) in [5.41, 5.74) is 3.47. The van der Waals surface area contributed by atoms with E-state index in [0.717, 1.165) is 16.8 Å². The molecule has 0 fully saturated rings. The fourth-order valence-electron chi connectivity index (χ4n) is 2.07. The second-order valence-electron chi connectivity index (χ2n) is 5.24. The number of anilines is 1. The van der Waals surface area contributed by atoms with Crippen molar-refractivity contribution in [1.82, 2.24) is 5.32 Å². The predicted octanol–water partition coefficient (Wildman–Crippen LogP) is 3.06. The molecule has 0 heterocycles. The standard InChI is InChI=1S/C18H20N2O2/c1-13-7-9-15(10-8-13)20-17(21)11-12-19-18(22)16-6-4-3-5-14(16)2/h3-10H,11-12H2,1-2H3,(H,19,22)(H,20,21). The van der Waals surface area contributed by atoms with Gasteiger partial charge in [0.05, 0.1) is 0 Å². The largest absolute Gasteiger partial charge is 0.352 e. The van der Waals surface area contributed by atoms with Gasteiger partial charge in [-0.3, -0.25) is 9.59 Å². The van der Waals surface area contributed by atoms with Crippen molar-refractivity contribution in [3.8, 4) is 0 Å². The summed E-state index contributed by atoms with van der Waals surface area (Å²) in [7, 11) is 0. The number of rotatable bonds is 5. The molecular weight excluding hydrogens is 276 g/mol. The Labute approximate surface area is 130 Å². The number of nitrogens with one attached hydrogen (secondary N) is 2. The van der Waals surface area contributed by atoms with E-state index >= 15 is 0 Å². The Morgan fingerprint density at radius 2 is 1.64 bits per heavy atom. The third-order valence-corrected chi connectivity index (χ3v) is 3.36. The number of amides is 2. The zero-order valence-corrected chi connectivity index (χ0v) is 12.8. The number of hydrogen-bond acceptors (Lipinski definition) is 2. The molecule has 114 valence electrons. The van der Waals surface area contributed by atoms with E-state index in [1.807, 2.05) is 56.3 Å². The fraction of sp³-hybridized carbons (Fsp3) is 0.222. The van der Waals surface area contributed by atoms with Gasteiger partial charge in [0.25, 0.3) is 5.91 Å². The first-order valence-electron chi connectivity index (χ1n) is 7.26. The van der Waals surface area contributed by atoms with Crippen LogP contribution < -0.4 is 10.6 Å². The molecule has 0 aliphatic rings. The lowest BCUT2D eigenvalue weighted by molar-refractivity contribution is -0.116. The highest BCUT2D eigenvalue weighted by molar-refractivity contribution is 5.96. The van der Waals surface area contributed by atoms with Crippen LogP contribution in [0.25, 0.3) is 0 Å². The van der Waals surface area contributed by atoms with Crippen LogP contribution in [0.15, 0.2) is 48.5 Å². The van der Waals surface area contributed by atoms with Crippen LogP contribution in [0.3, 0.4) is 0 Å².